The molecule has 0 radical (unpaired) electrons. The van der Waals surface area contributed by atoms with Gasteiger partial charge in [-0.3, -0.25) is 4.79 Å². The van der Waals surface area contributed by atoms with Gasteiger partial charge in [0.1, 0.15) is 24.7 Å². The predicted molar refractivity (Wildman–Crippen MR) is 150 cm³/mol. The van der Waals surface area contributed by atoms with Gasteiger partial charge in [0, 0.05) is 27.1 Å². The Balaban J connectivity index is 1.32. The number of aromatic nitrogens is 1. The fraction of sp³-hybridized carbons (Fsp3) is 0.172. The van der Waals surface area contributed by atoms with Crippen LogP contribution in [0.25, 0.3) is 5.69 Å². The molecule has 0 saturated carbocycles. The van der Waals surface area contributed by atoms with Crippen LogP contribution in [0.1, 0.15) is 33.3 Å². The van der Waals surface area contributed by atoms with Crippen molar-refractivity contribution in [1.82, 2.24) is 9.99 Å². The van der Waals surface area contributed by atoms with Gasteiger partial charge in [0.15, 0.2) is 17.3 Å². The average molecular weight is 578 g/mol. The van der Waals surface area contributed by atoms with Crippen LogP contribution in [0.3, 0.4) is 0 Å². The number of furan rings is 1. The van der Waals surface area contributed by atoms with E-state index < -0.39 is 5.91 Å². The zero-order valence-corrected chi connectivity index (χ0v) is 22.9. The van der Waals surface area contributed by atoms with Gasteiger partial charge in [-0.25, -0.2) is 5.43 Å². The number of methoxy groups -OCH3 is 1. The number of carbonyl (C=O) groups excluding carboxylic acids is 1. The molecule has 196 valence electrons. The van der Waals surface area contributed by atoms with Gasteiger partial charge in [-0.1, -0.05) is 12.7 Å². The first-order valence-electron chi connectivity index (χ1n) is 11.8. The highest BCUT2D eigenvalue weighted by Gasteiger charge is 2.12. The Labute approximate surface area is 229 Å². The Kier molecular flexibility index (Phi) is 8.70. The molecule has 0 saturated heterocycles. The van der Waals surface area contributed by atoms with E-state index in [4.69, 9.17) is 18.6 Å². The van der Waals surface area contributed by atoms with Gasteiger partial charge in [-0.05, 0) is 90.4 Å². The lowest BCUT2D eigenvalue weighted by Crippen LogP contribution is -2.16. The summed E-state index contributed by atoms with van der Waals surface area (Å²) >= 11 is 3.48. The summed E-state index contributed by atoms with van der Waals surface area (Å²) < 4.78 is 25.3. The number of hydrazone groups is 1. The fourth-order valence-electron chi connectivity index (χ4n) is 3.79. The Hall–Kier alpha value is -4.24. The van der Waals surface area contributed by atoms with Crippen molar-refractivity contribution >= 4 is 28.1 Å². The van der Waals surface area contributed by atoms with E-state index in [0.29, 0.717) is 35.2 Å². The van der Waals surface area contributed by atoms with Crippen molar-refractivity contribution < 1.29 is 23.4 Å². The molecular formula is C29H28BrN3O5. The maximum Gasteiger partial charge on any atom is 0.307 e. The summed E-state index contributed by atoms with van der Waals surface area (Å²) in [5.74, 6) is 1.95. The van der Waals surface area contributed by atoms with Crippen molar-refractivity contribution in [3.05, 3.63) is 106 Å². The van der Waals surface area contributed by atoms with Crippen molar-refractivity contribution in [2.75, 3.05) is 13.7 Å². The molecule has 4 aromatic rings. The van der Waals surface area contributed by atoms with Crippen molar-refractivity contribution in [2.45, 2.75) is 20.5 Å². The highest BCUT2D eigenvalue weighted by Crippen LogP contribution is 2.33. The maximum atomic E-state index is 12.5. The number of nitrogens with one attached hydrogen (secondary N) is 1. The Morgan fingerprint density at radius 2 is 1.79 bits per heavy atom. The van der Waals surface area contributed by atoms with Crippen molar-refractivity contribution in [2.24, 2.45) is 5.10 Å². The van der Waals surface area contributed by atoms with Gasteiger partial charge in [-0.15, -0.1) is 0 Å². The van der Waals surface area contributed by atoms with E-state index in [0.717, 1.165) is 10.2 Å². The summed E-state index contributed by atoms with van der Waals surface area (Å²) in [6.07, 6.45) is 3.14. The Bertz CT molecular complexity index is 1430. The molecule has 9 heteroatoms. The lowest BCUT2D eigenvalue weighted by Gasteiger charge is -2.11. The monoisotopic (exact) mass is 577 g/mol. The second-order valence-electron chi connectivity index (χ2n) is 8.32. The molecule has 0 spiro atoms. The molecule has 2 heterocycles. The van der Waals surface area contributed by atoms with E-state index in [1.165, 1.54) is 17.6 Å². The molecule has 2 aromatic carbocycles. The van der Waals surface area contributed by atoms with Crippen molar-refractivity contribution in [3.63, 3.8) is 0 Å². The number of benzene rings is 2. The van der Waals surface area contributed by atoms with Crippen LogP contribution in [0.15, 0.2) is 87.3 Å². The zero-order valence-electron chi connectivity index (χ0n) is 21.4. The minimum absolute atomic E-state index is 0.125. The van der Waals surface area contributed by atoms with Crippen LogP contribution in [0.4, 0.5) is 0 Å². The molecule has 0 bridgehead atoms. The zero-order chi connectivity index (χ0) is 27.1. The number of nitrogens with zero attached hydrogens (tertiary/aromatic N) is 2. The summed E-state index contributed by atoms with van der Waals surface area (Å²) in [5, 5.41) is 4.03. The minimum atomic E-state index is -0.483. The minimum Gasteiger partial charge on any atom is -0.493 e. The number of rotatable bonds is 11. The Morgan fingerprint density at radius 1 is 1.05 bits per heavy atom. The molecule has 0 aliphatic heterocycles. The number of hydrogen-bond acceptors (Lipinski definition) is 6. The number of halogens is 1. The van der Waals surface area contributed by atoms with Gasteiger partial charge in [0.05, 0.1) is 13.3 Å². The van der Waals surface area contributed by atoms with Crippen LogP contribution in [-0.2, 0) is 6.61 Å². The topological polar surface area (TPSA) is 87.2 Å². The molecule has 1 N–H and O–H groups in total. The summed E-state index contributed by atoms with van der Waals surface area (Å²) in [5.41, 5.74) is 6.56. The quantitative estimate of drug-likeness (QED) is 0.127. The molecule has 4 rings (SSSR count). The number of ether oxygens (including phenoxy) is 3. The van der Waals surface area contributed by atoms with Crippen LogP contribution >= 0.6 is 15.9 Å². The third-order valence-electron chi connectivity index (χ3n) is 5.64. The van der Waals surface area contributed by atoms with Crippen LogP contribution in [0.5, 0.6) is 17.2 Å². The lowest BCUT2D eigenvalue weighted by molar-refractivity contribution is 0.0923. The van der Waals surface area contributed by atoms with Crippen LogP contribution in [-0.4, -0.2) is 30.4 Å². The molecule has 1 amide bonds. The molecular weight excluding hydrogens is 550 g/mol. The van der Waals surface area contributed by atoms with Gasteiger partial charge in [0.25, 0.3) is 0 Å². The van der Waals surface area contributed by atoms with E-state index in [2.05, 4.69) is 63.6 Å². The number of aryl methyl sites for hydroxylation is 2. The molecule has 38 heavy (non-hydrogen) atoms. The smallest absolute Gasteiger partial charge is 0.307 e. The van der Waals surface area contributed by atoms with Gasteiger partial charge < -0.3 is 23.2 Å². The lowest BCUT2D eigenvalue weighted by atomic mass is 10.2. The molecule has 2 aromatic heterocycles. The second-order valence-corrected chi connectivity index (χ2v) is 9.18. The third-order valence-corrected chi connectivity index (χ3v) is 6.33. The van der Waals surface area contributed by atoms with E-state index in [1.54, 1.807) is 37.5 Å². The average Bonchev–Trinajstić information content (AvgIpc) is 3.53. The first kappa shape index (κ1) is 26.8. The summed E-state index contributed by atoms with van der Waals surface area (Å²) in [7, 11) is 1.55. The molecule has 0 unspecified atom stereocenters. The predicted octanol–water partition coefficient (Wildman–Crippen LogP) is 6.37. The fourth-order valence-corrected chi connectivity index (χ4v) is 4.21. The van der Waals surface area contributed by atoms with Crippen molar-refractivity contribution in [1.29, 1.82) is 0 Å². The summed E-state index contributed by atoms with van der Waals surface area (Å²) in [6.45, 7) is 8.32. The highest BCUT2D eigenvalue weighted by atomic mass is 79.9. The summed E-state index contributed by atoms with van der Waals surface area (Å²) in [6, 6.07) is 18.8. The number of amides is 1. The highest BCUT2D eigenvalue weighted by molar-refractivity contribution is 9.10. The van der Waals surface area contributed by atoms with Gasteiger partial charge in [0.2, 0.25) is 0 Å². The second kappa shape index (κ2) is 12.3. The maximum absolute atomic E-state index is 12.5. The van der Waals surface area contributed by atoms with Gasteiger partial charge >= 0.3 is 5.91 Å². The number of hydrogen-bond donors (Lipinski definition) is 1. The third kappa shape index (κ3) is 6.36. The van der Waals surface area contributed by atoms with Crippen LogP contribution in [0, 0.1) is 13.8 Å². The summed E-state index contributed by atoms with van der Waals surface area (Å²) in [4.78, 5) is 12.5. The standard InChI is InChI=1S/C29H28BrN3O5/c1-5-14-36-28-16-25(30)21(15-27(28)35-4)17-31-32-29(34)26-13-12-24(38-26)18-37-23-10-8-22(9-11-23)33-19(2)6-7-20(33)3/h5-13,15-17H,1,14,18H2,2-4H3,(H,32,34)/b31-17+. The van der Waals surface area contributed by atoms with Crippen molar-refractivity contribution in [3.8, 4) is 22.9 Å². The van der Waals surface area contributed by atoms with Gasteiger partial charge in [-0.2, -0.15) is 5.10 Å². The van der Waals surface area contributed by atoms with E-state index in [1.807, 2.05) is 24.3 Å². The van der Waals surface area contributed by atoms with Crippen LogP contribution < -0.4 is 19.6 Å². The van der Waals surface area contributed by atoms with Crippen LogP contribution in [0.2, 0.25) is 0 Å². The molecule has 0 atom stereocenters. The molecule has 0 fully saturated rings. The molecule has 0 aliphatic rings. The Morgan fingerprint density at radius 3 is 2.47 bits per heavy atom. The first-order chi connectivity index (χ1) is 18.4. The first-order valence-corrected chi connectivity index (χ1v) is 12.6. The molecule has 0 aliphatic carbocycles. The SMILES string of the molecule is C=CCOc1cc(Br)c(/C=N/NC(=O)c2ccc(COc3ccc(-n4c(C)ccc4C)cc3)o2)cc1OC. The number of carbonyl (C=O) groups is 1. The van der Waals surface area contributed by atoms with E-state index in [9.17, 15) is 4.79 Å². The normalized spacial score (nSPS) is 10.9. The molecule has 8 nitrogen and oxygen atoms in total. The van der Waals surface area contributed by atoms with E-state index >= 15 is 0 Å². The largest absolute Gasteiger partial charge is 0.493 e. The van der Waals surface area contributed by atoms with E-state index in [-0.39, 0.29) is 12.4 Å².